The molecule has 0 amide bonds. The number of piperidine rings is 1. The summed E-state index contributed by atoms with van der Waals surface area (Å²) in [5, 5.41) is 17.6. The van der Waals surface area contributed by atoms with E-state index in [2.05, 4.69) is 9.97 Å². The first-order chi connectivity index (χ1) is 8.24. The number of hydrogen-bond acceptors (Lipinski definition) is 6. The fourth-order valence-electron chi connectivity index (χ4n) is 1.91. The summed E-state index contributed by atoms with van der Waals surface area (Å²) in [4.78, 5) is 10.1. The molecule has 1 fully saturated rings. The molecule has 0 bridgehead atoms. The van der Waals surface area contributed by atoms with Crippen LogP contribution in [-0.4, -0.2) is 29.1 Å². The van der Waals surface area contributed by atoms with E-state index in [0.29, 0.717) is 12.4 Å². The zero-order valence-corrected chi connectivity index (χ0v) is 9.30. The molecule has 2 N–H and O–H groups in total. The summed E-state index contributed by atoms with van der Waals surface area (Å²) >= 11 is 0. The second-order valence-corrected chi connectivity index (χ2v) is 4.00. The maximum Gasteiger partial charge on any atom is 0.179 e. The minimum atomic E-state index is 0.0672. The van der Waals surface area contributed by atoms with Crippen LogP contribution in [0.3, 0.4) is 0 Å². The fourth-order valence-corrected chi connectivity index (χ4v) is 1.91. The molecule has 0 unspecified atom stereocenters. The first-order valence-corrected chi connectivity index (χ1v) is 5.42. The van der Waals surface area contributed by atoms with Crippen molar-refractivity contribution in [2.75, 3.05) is 18.0 Å². The molecule has 6 nitrogen and oxygen atoms in total. The van der Waals surface area contributed by atoms with Crippen molar-refractivity contribution >= 4 is 5.82 Å². The molecular weight excluding hydrogens is 216 g/mol. The van der Waals surface area contributed by atoms with Crippen molar-refractivity contribution in [3.63, 3.8) is 0 Å². The van der Waals surface area contributed by atoms with Crippen molar-refractivity contribution < 1.29 is 0 Å². The fraction of sp³-hybridized carbons (Fsp3) is 0.455. The number of anilines is 1. The van der Waals surface area contributed by atoms with Crippen molar-refractivity contribution in [2.45, 2.75) is 18.9 Å². The maximum absolute atomic E-state index is 8.88. The number of nitriles is 2. The van der Waals surface area contributed by atoms with Gasteiger partial charge in [0.25, 0.3) is 0 Å². The van der Waals surface area contributed by atoms with Crippen LogP contribution >= 0.6 is 0 Å². The highest BCUT2D eigenvalue weighted by atomic mass is 15.2. The second-order valence-electron chi connectivity index (χ2n) is 4.00. The number of aromatic nitrogens is 2. The minimum absolute atomic E-state index is 0.0672. The molecule has 0 saturated carbocycles. The molecule has 0 radical (unpaired) electrons. The van der Waals surface area contributed by atoms with Gasteiger partial charge in [0.15, 0.2) is 11.4 Å². The Labute approximate surface area is 99.3 Å². The Hall–Kier alpha value is -2.18. The van der Waals surface area contributed by atoms with Gasteiger partial charge in [-0.3, -0.25) is 0 Å². The molecule has 1 saturated heterocycles. The summed E-state index contributed by atoms with van der Waals surface area (Å²) in [6.07, 6.45) is 3.54. The van der Waals surface area contributed by atoms with Crippen LogP contribution in [0.25, 0.3) is 0 Å². The smallest absolute Gasteiger partial charge is 0.179 e. The molecule has 86 valence electrons. The average Bonchev–Trinajstić information content (AvgIpc) is 2.38. The topological polar surface area (TPSA) is 103 Å². The molecular formula is C11H12N6. The predicted molar refractivity (Wildman–Crippen MR) is 60.9 cm³/mol. The van der Waals surface area contributed by atoms with Gasteiger partial charge in [0.1, 0.15) is 18.0 Å². The van der Waals surface area contributed by atoms with Gasteiger partial charge >= 0.3 is 0 Å². The van der Waals surface area contributed by atoms with Gasteiger partial charge in [0.05, 0.1) is 6.20 Å². The summed E-state index contributed by atoms with van der Waals surface area (Å²) in [6, 6.07) is 3.86. The lowest BCUT2D eigenvalue weighted by molar-refractivity contribution is 0.502. The molecule has 2 heterocycles. The molecule has 0 aromatic carbocycles. The first-order valence-electron chi connectivity index (χ1n) is 5.42. The minimum Gasteiger partial charge on any atom is -0.354 e. The maximum atomic E-state index is 8.88. The highest BCUT2D eigenvalue weighted by molar-refractivity contribution is 5.44. The number of hydrogen-bond donors (Lipinski definition) is 1. The summed E-state index contributed by atoms with van der Waals surface area (Å²) in [5.74, 6) is 0.621. The third kappa shape index (κ3) is 2.32. The standard InChI is InChI=1S/C11H12N6/c12-4-9-10(5-13)16-11(6-15-9)17-3-1-2-8(14)7-17/h6,8H,1-3,7,14H2/t8-/m1/s1. The van der Waals surface area contributed by atoms with E-state index < -0.39 is 0 Å². The molecule has 1 atom stereocenters. The van der Waals surface area contributed by atoms with Gasteiger partial charge in [-0.2, -0.15) is 10.5 Å². The van der Waals surface area contributed by atoms with Crippen LogP contribution in [-0.2, 0) is 0 Å². The van der Waals surface area contributed by atoms with E-state index in [1.165, 1.54) is 6.20 Å². The highest BCUT2D eigenvalue weighted by Gasteiger charge is 2.19. The van der Waals surface area contributed by atoms with Crippen LogP contribution < -0.4 is 10.6 Å². The molecule has 0 spiro atoms. The van der Waals surface area contributed by atoms with Gasteiger partial charge < -0.3 is 10.6 Å². The van der Waals surface area contributed by atoms with Crippen molar-refractivity contribution in [1.82, 2.24) is 9.97 Å². The zero-order chi connectivity index (χ0) is 12.3. The predicted octanol–water partition coefficient (Wildman–Crippen LogP) is 0.147. The number of nitrogens with zero attached hydrogens (tertiary/aromatic N) is 5. The second kappa shape index (κ2) is 4.77. The Morgan fingerprint density at radius 1 is 1.35 bits per heavy atom. The molecule has 0 aliphatic carbocycles. The van der Waals surface area contributed by atoms with Crippen LogP contribution in [0, 0.1) is 22.7 Å². The monoisotopic (exact) mass is 228 g/mol. The van der Waals surface area contributed by atoms with Crippen LogP contribution in [0.1, 0.15) is 24.2 Å². The largest absolute Gasteiger partial charge is 0.354 e. The van der Waals surface area contributed by atoms with Crippen molar-refractivity contribution in [3.05, 3.63) is 17.6 Å². The lowest BCUT2D eigenvalue weighted by Gasteiger charge is -2.31. The summed E-state index contributed by atoms with van der Waals surface area (Å²) < 4.78 is 0. The van der Waals surface area contributed by atoms with Gasteiger partial charge in [0, 0.05) is 19.1 Å². The van der Waals surface area contributed by atoms with E-state index in [1.807, 2.05) is 17.0 Å². The molecule has 1 aromatic rings. The Kier molecular flexibility index (Phi) is 3.17. The SMILES string of the molecule is N#Cc1ncc(N2CCC[C@@H](N)C2)nc1C#N. The Balaban J connectivity index is 2.28. The molecule has 1 aliphatic heterocycles. The first kappa shape index (κ1) is 11.3. The third-order valence-electron chi connectivity index (χ3n) is 2.75. The van der Waals surface area contributed by atoms with Crippen molar-refractivity contribution in [3.8, 4) is 12.1 Å². The molecule has 2 rings (SSSR count). The van der Waals surface area contributed by atoms with Gasteiger partial charge in [0.2, 0.25) is 0 Å². The lowest BCUT2D eigenvalue weighted by atomic mass is 10.1. The van der Waals surface area contributed by atoms with Crippen LogP contribution in [0.2, 0.25) is 0 Å². The Morgan fingerprint density at radius 3 is 2.76 bits per heavy atom. The lowest BCUT2D eigenvalue weighted by Crippen LogP contribution is -2.43. The quantitative estimate of drug-likeness (QED) is 0.733. The molecule has 1 aromatic heterocycles. The Bertz CT molecular complexity index is 498. The van der Waals surface area contributed by atoms with Gasteiger partial charge in [-0.25, -0.2) is 9.97 Å². The van der Waals surface area contributed by atoms with E-state index in [4.69, 9.17) is 16.3 Å². The van der Waals surface area contributed by atoms with E-state index in [9.17, 15) is 0 Å². The van der Waals surface area contributed by atoms with Gasteiger partial charge in [-0.15, -0.1) is 0 Å². The third-order valence-corrected chi connectivity index (χ3v) is 2.75. The van der Waals surface area contributed by atoms with Crippen LogP contribution in [0.4, 0.5) is 5.82 Å². The van der Waals surface area contributed by atoms with Crippen molar-refractivity contribution in [2.24, 2.45) is 5.73 Å². The normalized spacial score (nSPS) is 19.5. The van der Waals surface area contributed by atoms with E-state index in [1.54, 1.807) is 0 Å². The number of nitrogens with two attached hydrogens (primary N) is 1. The average molecular weight is 228 g/mol. The van der Waals surface area contributed by atoms with Gasteiger partial charge in [-0.05, 0) is 12.8 Å². The highest BCUT2D eigenvalue weighted by Crippen LogP contribution is 2.17. The van der Waals surface area contributed by atoms with E-state index in [-0.39, 0.29) is 17.4 Å². The molecule has 6 heteroatoms. The van der Waals surface area contributed by atoms with Crippen molar-refractivity contribution in [1.29, 1.82) is 10.5 Å². The summed E-state index contributed by atoms with van der Waals surface area (Å²) in [7, 11) is 0. The zero-order valence-electron chi connectivity index (χ0n) is 9.30. The molecule has 1 aliphatic rings. The van der Waals surface area contributed by atoms with E-state index in [0.717, 1.165) is 19.4 Å². The summed E-state index contributed by atoms with van der Waals surface area (Å²) in [6.45, 7) is 1.57. The van der Waals surface area contributed by atoms with Crippen LogP contribution in [0.15, 0.2) is 6.20 Å². The molecule has 17 heavy (non-hydrogen) atoms. The Morgan fingerprint density at radius 2 is 2.12 bits per heavy atom. The van der Waals surface area contributed by atoms with E-state index >= 15 is 0 Å². The number of rotatable bonds is 1. The van der Waals surface area contributed by atoms with Crippen LogP contribution in [0.5, 0.6) is 0 Å². The summed E-state index contributed by atoms with van der Waals surface area (Å²) in [5.41, 5.74) is 6.02. The van der Waals surface area contributed by atoms with Gasteiger partial charge in [-0.1, -0.05) is 0 Å².